The van der Waals surface area contributed by atoms with Crippen molar-refractivity contribution in [2.45, 2.75) is 76.9 Å². The summed E-state index contributed by atoms with van der Waals surface area (Å²) in [4.78, 5) is 5.45. The molecule has 0 aliphatic carbocycles. The fraction of sp³-hybridized carbons (Fsp3) is 0.875. The Morgan fingerprint density at radius 2 is 2.05 bits per heavy atom. The second kappa shape index (κ2) is 7.88. The van der Waals surface area contributed by atoms with E-state index in [1.54, 1.807) is 6.08 Å². The summed E-state index contributed by atoms with van der Waals surface area (Å²) in [6.07, 6.45) is 4.14. The Kier molecular flexibility index (Phi) is 7.07. The highest BCUT2D eigenvalue weighted by Crippen LogP contribution is 2.38. The SMILES string of the molecule is C=CCON[C@H]1CN[C@H](CC)CC1O[Si](C)(C)C(C)(C)C. The van der Waals surface area contributed by atoms with Gasteiger partial charge in [0.1, 0.15) is 0 Å². The molecule has 1 rings (SSSR count). The lowest BCUT2D eigenvalue weighted by Gasteiger charge is -2.44. The number of hydroxylamine groups is 1. The van der Waals surface area contributed by atoms with Crippen molar-refractivity contribution in [2.75, 3.05) is 13.2 Å². The summed E-state index contributed by atoms with van der Waals surface area (Å²) in [5, 5.41) is 3.80. The van der Waals surface area contributed by atoms with E-state index < -0.39 is 8.32 Å². The van der Waals surface area contributed by atoms with Gasteiger partial charge in [0.2, 0.25) is 0 Å². The van der Waals surface area contributed by atoms with Crippen molar-refractivity contribution >= 4 is 8.32 Å². The molecule has 124 valence electrons. The minimum atomic E-state index is -1.77. The fourth-order valence-corrected chi connectivity index (χ4v) is 3.65. The van der Waals surface area contributed by atoms with E-state index in [1.165, 1.54) is 0 Å². The summed E-state index contributed by atoms with van der Waals surface area (Å²) in [5.74, 6) is 0. The second-order valence-corrected chi connectivity index (χ2v) is 12.2. The lowest BCUT2D eigenvalue weighted by atomic mass is 9.96. The minimum absolute atomic E-state index is 0.196. The van der Waals surface area contributed by atoms with Crippen LogP contribution in [0, 0.1) is 0 Å². The van der Waals surface area contributed by atoms with E-state index in [0.29, 0.717) is 12.6 Å². The molecule has 0 aromatic heterocycles. The second-order valence-electron chi connectivity index (χ2n) is 7.49. The predicted molar refractivity (Wildman–Crippen MR) is 91.8 cm³/mol. The third-order valence-electron chi connectivity index (χ3n) is 4.77. The molecule has 1 fully saturated rings. The van der Waals surface area contributed by atoms with Crippen LogP contribution in [-0.4, -0.2) is 39.7 Å². The molecule has 1 unspecified atom stereocenters. The van der Waals surface area contributed by atoms with Crippen LogP contribution in [0.1, 0.15) is 40.5 Å². The van der Waals surface area contributed by atoms with Crippen molar-refractivity contribution in [1.82, 2.24) is 10.8 Å². The number of hydrogen-bond acceptors (Lipinski definition) is 4. The summed E-state index contributed by atoms with van der Waals surface area (Å²) in [6.45, 7) is 18.8. The minimum Gasteiger partial charge on any atom is -0.412 e. The standard InChI is InChI=1S/C16H34N2O2Si/c1-8-10-19-18-14-12-17-13(9-2)11-15(14)20-21(6,7)16(3,4)5/h8,13-15,17-18H,1,9-12H2,2-7H3/t13-,14+,15?/m1/s1. The Morgan fingerprint density at radius 1 is 1.38 bits per heavy atom. The smallest absolute Gasteiger partial charge is 0.192 e. The summed E-state index contributed by atoms with van der Waals surface area (Å²) in [6, 6.07) is 0.735. The van der Waals surface area contributed by atoms with Crippen LogP contribution in [0.15, 0.2) is 12.7 Å². The molecule has 0 aromatic rings. The van der Waals surface area contributed by atoms with Gasteiger partial charge in [0.15, 0.2) is 8.32 Å². The molecule has 0 bridgehead atoms. The largest absolute Gasteiger partial charge is 0.412 e. The van der Waals surface area contributed by atoms with E-state index in [-0.39, 0.29) is 17.2 Å². The molecule has 0 aromatic carbocycles. The first kappa shape index (κ1) is 18.8. The Bertz CT molecular complexity index is 329. The quantitative estimate of drug-likeness (QED) is 0.328. The molecule has 0 amide bonds. The van der Waals surface area contributed by atoms with Gasteiger partial charge in [-0.25, -0.2) is 0 Å². The molecule has 4 nitrogen and oxygen atoms in total. The predicted octanol–water partition coefficient (Wildman–Crippen LogP) is 3.22. The van der Waals surface area contributed by atoms with E-state index in [9.17, 15) is 0 Å². The van der Waals surface area contributed by atoms with Crippen LogP contribution in [0.4, 0.5) is 0 Å². The average molecular weight is 315 g/mol. The summed E-state index contributed by atoms with van der Waals surface area (Å²) < 4.78 is 6.65. The summed E-state index contributed by atoms with van der Waals surface area (Å²) in [7, 11) is -1.77. The molecule has 0 spiro atoms. The normalized spacial score (nSPS) is 27.6. The first-order valence-corrected chi connectivity index (χ1v) is 11.0. The van der Waals surface area contributed by atoms with Crippen LogP contribution in [0.3, 0.4) is 0 Å². The molecule has 1 heterocycles. The van der Waals surface area contributed by atoms with Crippen molar-refractivity contribution in [3.8, 4) is 0 Å². The van der Waals surface area contributed by atoms with Gasteiger partial charge >= 0.3 is 0 Å². The molecule has 1 saturated heterocycles. The fourth-order valence-electron chi connectivity index (χ4n) is 2.28. The van der Waals surface area contributed by atoms with E-state index in [0.717, 1.165) is 19.4 Å². The van der Waals surface area contributed by atoms with Crippen LogP contribution in [0.25, 0.3) is 0 Å². The molecule has 3 atom stereocenters. The molecular weight excluding hydrogens is 280 g/mol. The first-order valence-electron chi connectivity index (χ1n) is 8.10. The Morgan fingerprint density at radius 3 is 2.57 bits per heavy atom. The van der Waals surface area contributed by atoms with E-state index >= 15 is 0 Å². The maximum atomic E-state index is 6.65. The van der Waals surface area contributed by atoms with Gasteiger partial charge in [0.25, 0.3) is 0 Å². The third kappa shape index (κ3) is 5.49. The summed E-state index contributed by atoms with van der Waals surface area (Å²) in [5.41, 5.74) is 3.15. The lowest BCUT2D eigenvalue weighted by Crippen LogP contribution is -2.59. The zero-order valence-corrected chi connectivity index (χ0v) is 15.7. The van der Waals surface area contributed by atoms with Crippen LogP contribution >= 0.6 is 0 Å². The zero-order valence-electron chi connectivity index (χ0n) is 14.7. The van der Waals surface area contributed by atoms with Crippen molar-refractivity contribution in [2.24, 2.45) is 0 Å². The van der Waals surface area contributed by atoms with Crippen molar-refractivity contribution < 1.29 is 9.26 Å². The van der Waals surface area contributed by atoms with E-state index in [1.807, 2.05) is 0 Å². The Balaban J connectivity index is 2.71. The van der Waals surface area contributed by atoms with Crippen LogP contribution in [0.2, 0.25) is 18.1 Å². The number of piperidine rings is 1. The van der Waals surface area contributed by atoms with Gasteiger partial charge in [-0.15, -0.1) is 6.58 Å². The molecule has 2 N–H and O–H groups in total. The number of hydrogen-bond donors (Lipinski definition) is 2. The first-order chi connectivity index (χ1) is 9.71. The van der Waals surface area contributed by atoms with Crippen molar-refractivity contribution in [3.05, 3.63) is 12.7 Å². The van der Waals surface area contributed by atoms with Crippen LogP contribution < -0.4 is 10.8 Å². The van der Waals surface area contributed by atoms with Crippen LogP contribution in [0.5, 0.6) is 0 Å². The number of rotatable bonds is 7. The van der Waals surface area contributed by atoms with Gasteiger partial charge in [-0.2, -0.15) is 5.48 Å². The molecule has 1 aliphatic heterocycles. The Labute approximate surface area is 131 Å². The van der Waals surface area contributed by atoms with Gasteiger partial charge in [-0.05, 0) is 31.0 Å². The highest BCUT2D eigenvalue weighted by Gasteiger charge is 2.42. The van der Waals surface area contributed by atoms with Gasteiger partial charge in [-0.1, -0.05) is 33.8 Å². The topological polar surface area (TPSA) is 42.5 Å². The molecular formula is C16H34N2O2Si. The molecule has 0 radical (unpaired) electrons. The molecule has 5 heteroatoms. The molecule has 21 heavy (non-hydrogen) atoms. The monoisotopic (exact) mass is 314 g/mol. The highest BCUT2D eigenvalue weighted by atomic mass is 28.4. The van der Waals surface area contributed by atoms with Crippen molar-refractivity contribution in [3.63, 3.8) is 0 Å². The molecule has 1 aliphatic rings. The highest BCUT2D eigenvalue weighted by molar-refractivity contribution is 6.74. The van der Waals surface area contributed by atoms with E-state index in [4.69, 9.17) is 9.26 Å². The number of nitrogens with one attached hydrogen (secondary N) is 2. The maximum absolute atomic E-state index is 6.65. The lowest BCUT2D eigenvalue weighted by molar-refractivity contribution is -0.0224. The van der Waals surface area contributed by atoms with Gasteiger partial charge in [-0.3, -0.25) is 4.84 Å². The van der Waals surface area contributed by atoms with Crippen LogP contribution in [-0.2, 0) is 9.26 Å². The third-order valence-corrected chi connectivity index (χ3v) is 9.28. The summed E-state index contributed by atoms with van der Waals surface area (Å²) >= 11 is 0. The Hall–Kier alpha value is -0.203. The maximum Gasteiger partial charge on any atom is 0.192 e. The van der Waals surface area contributed by atoms with Gasteiger partial charge < -0.3 is 9.74 Å². The molecule has 0 saturated carbocycles. The van der Waals surface area contributed by atoms with Gasteiger partial charge in [0, 0.05) is 12.6 Å². The average Bonchev–Trinajstić information content (AvgIpc) is 2.39. The zero-order chi connectivity index (χ0) is 16.1. The van der Waals surface area contributed by atoms with E-state index in [2.05, 4.69) is 58.2 Å². The van der Waals surface area contributed by atoms with Crippen molar-refractivity contribution in [1.29, 1.82) is 0 Å². The van der Waals surface area contributed by atoms with Gasteiger partial charge in [0.05, 0.1) is 18.8 Å².